The monoisotopic (exact) mass is 344 g/mol. The molecule has 2 aromatic rings. The number of amides is 1. The van der Waals surface area contributed by atoms with Crippen LogP contribution in [0.3, 0.4) is 0 Å². The molecule has 1 aromatic heterocycles. The first-order valence-corrected chi connectivity index (χ1v) is 9.20. The van der Waals surface area contributed by atoms with Crippen LogP contribution in [0.1, 0.15) is 23.5 Å². The SMILES string of the molecule is CC(C)(CNC(=O)c1sccc1-c1ccccc1)N1CCOCC1. The number of carbonyl (C=O) groups is 1. The first kappa shape index (κ1) is 17.1. The zero-order chi connectivity index (χ0) is 17.0. The molecule has 0 saturated carbocycles. The Labute approximate surface area is 147 Å². The number of morpholine rings is 1. The molecule has 0 spiro atoms. The van der Waals surface area contributed by atoms with Crippen LogP contribution in [0, 0.1) is 0 Å². The molecule has 0 bridgehead atoms. The van der Waals surface area contributed by atoms with Gasteiger partial charge in [0.15, 0.2) is 0 Å². The van der Waals surface area contributed by atoms with Gasteiger partial charge in [-0.1, -0.05) is 30.3 Å². The molecule has 5 heteroatoms. The fourth-order valence-electron chi connectivity index (χ4n) is 2.99. The minimum Gasteiger partial charge on any atom is -0.379 e. The van der Waals surface area contributed by atoms with E-state index in [0.29, 0.717) is 6.54 Å². The zero-order valence-electron chi connectivity index (χ0n) is 14.2. The van der Waals surface area contributed by atoms with E-state index in [1.54, 1.807) is 0 Å². The molecule has 24 heavy (non-hydrogen) atoms. The largest absolute Gasteiger partial charge is 0.379 e. The smallest absolute Gasteiger partial charge is 0.262 e. The van der Waals surface area contributed by atoms with Crippen LogP contribution < -0.4 is 5.32 Å². The molecule has 4 nitrogen and oxygen atoms in total. The van der Waals surface area contributed by atoms with E-state index in [4.69, 9.17) is 4.74 Å². The zero-order valence-corrected chi connectivity index (χ0v) is 15.1. The molecular weight excluding hydrogens is 320 g/mol. The molecule has 1 saturated heterocycles. The predicted octanol–water partition coefficient (Wildman–Crippen LogP) is 3.26. The summed E-state index contributed by atoms with van der Waals surface area (Å²) in [5.74, 6) is 0.00480. The summed E-state index contributed by atoms with van der Waals surface area (Å²) in [5.41, 5.74) is 2.00. The Kier molecular flexibility index (Phi) is 5.33. The van der Waals surface area contributed by atoms with Gasteiger partial charge in [0.2, 0.25) is 0 Å². The molecule has 1 aromatic carbocycles. The fourth-order valence-corrected chi connectivity index (χ4v) is 3.82. The van der Waals surface area contributed by atoms with Crippen molar-refractivity contribution < 1.29 is 9.53 Å². The van der Waals surface area contributed by atoms with E-state index in [0.717, 1.165) is 42.3 Å². The molecule has 0 unspecified atom stereocenters. The third kappa shape index (κ3) is 3.86. The number of carbonyl (C=O) groups excluding carboxylic acids is 1. The number of rotatable bonds is 5. The van der Waals surface area contributed by atoms with E-state index >= 15 is 0 Å². The lowest BCUT2D eigenvalue weighted by atomic mass is 10.0. The van der Waals surface area contributed by atoms with Gasteiger partial charge in [0, 0.05) is 30.7 Å². The van der Waals surface area contributed by atoms with Crippen LogP contribution in [0.25, 0.3) is 11.1 Å². The Morgan fingerprint density at radius 1 is 1.21 bits per heavy atom. The summed E-state index contributed by atoms with van der Waals surface area (Å²) in [4.78, 5) is 15.8. The highest BCUT2D eigenvalue weighted by Crippen LogP contribution is 2.28. The van der Waals surface area contributed by atoms with Crippen molar-refractivity contribution in [1.82, 2.24) is 10.2 Å². The van der Waals surface area contributed by atoms with Gasteiger partial charge in [0.1, 0.15) is 0 Å². The molecule has 0 radical (unpaired) electrons. The molecule has 2 heterocycles. The molecular formula is C19H24N2O2S. The summed E-state index contributed by atoms with van der Waals surface area (Å²) >= 11 is 1.49. The van der Waals surface area contributed by atoms with Gasteiger partial charge >= 0.3 is 0 Å². The second-order valence-electron chi connectivity index (χ2n) is 6.62. The van der Waals surface area contributed by atoms with Crippen LogP contribution >= 0.6 is 11.3 Å². The van der Waals surface area contributed by atoms with Crippen LogP contribution in [-0.2, 0) is 4.74 Å². The van der Waals surface area contributed by atoms with E-state index in [1.165, 1.54) is 11.3 Å². The molecule has 1 amide bonds. The van der Waals surface area contributed by atoms with Gasteiger partial charge in [-0.2, -0.15) is 0 Å². The minimum absolute atomic E-state index is 0.00480. The number of benzene rings is 1. The number of nitrogens with one attached hydrogen (secondary N) is 1. The first-order chi connectivity index (χ1) is 11.6. The molecule has 1 aliphatic rings. The maximum atomic E-state index is 12.7. The lowest BCUT2D eigenvalue weighted by Crippen LogP contribution is -2.55. The van der Waals surface area contributed by atoms with E-state index in [9.17, 15) is 4.79 Å². The van der Waals surface area contributed by atoms with Crippen molar-refractivity contribution in [3.05, 3.63) is 46.7 Å². The van der Waals surface area contributed by atoms with Crippen molar-refractivity contribution >= 4 is 17.2 Å². The Hall–Kier alpha value is -1.69. The Morgan fingerprint density at radius 2 is 1.92 bits per heavy atom. The minimum atomic E-state index is -0.0798. The average Bonchev–Trinajstić information content (AvgIpc) is 3.11. The first-order valence-electron chi connectivity index (χ1n) is 8.32. The summed E-state index contributed by atoms with van der Waals surface area (Å²) in [7, 11) is 0. The maximum absolute atomic E-state index is 12.7. The van der Waals surface area contributed by atoms with Gasteiger partial charge in [-0.05, 0) is 30.9 Å². The highest BCUT2D eigenvalue weighted by molar-refractivity contribution is 7.12. The van der Waals surface area contributed by atoms with Crippen molar-refractivity contribution in [2.75, 3.05) is 32.8 Å². The standard InChI is InChI=1S/C19H24N2O2S/c1-19(2,21-9-11-23-12-10-21)14-20-18(22)17-16(8-13-24-17)15-6-4-3-5-7-15/h3-8,13H,9-12,14H2,1-2H3,(H,20,22). The Balaban J connectivity index is 1.67. The Morgan fingerprint density at radius 3 is 2.62 bits per heavy atom. The molecule has 0 aliphatic carbocycles. The van der Waals surface area contributed by atoms with Crippen LogP contribution in [0.5, 0.6) is 0 Å². The quantitative estimate of drug-likeness (QED) is 0.905. The number of thiophene rings is 1. The number of ether oxygens (including phenoxy) is 1. The Bertz CT molecular complexity index is 676. The van der Waals surface area contributed by atoms with Crippen molar-refractivity contribution in [3.8, 4) is 11.1 Å². The third-order valence-corrected chi connectivity index (χ3v) is 5.42. The lowest BCUT2D eigenvalue weighted by Gasteiger charge is -2.40. The van der Waals surface area contributed by atoms with Crippen LogP contribution in [0.4, 0.5) is 0 Å². The summed E-state index contributed by atoms with van der Waals surface area (Å²) in [6.45, 7) is 8.32. The predicted molar refractivity (Wildman–Crippen MR) is 98.6 cm³/mol. The van der Waals surface area contributed by atoms with Crippen molar-refractivity contribution in [1.29, 1.82) is 0 Å². The van der Waals surface area contributed by atoms with E-state index in [2.05, 4.69) is 24.1 Å². The van der Waals surface area contributed by atoms with Crippen LogP contribution in [0.2, 0.25) is 0 Å². The normalized spacial score (nSPS) is 16.1. The summed E-state index contributed by atoms with van der Waals surface area (Å²) in [5, 5.41) is 5.10. The summed E-state index contributed by atoms with van der Waals surface area (Å²) < 4.78 is 5.42. The third-order valence-electron chi connectivity index (χ3n) is 4.50. The average molecular weight is 344 g/mol. The highest BCUT2D eigenvalue weighted by Gasteiger charge is 2.29. The lowest BCUT2D eigenvalue weighted by molar-refractivity contribution is -0.00922. The van der Waals surface area contributed by atoms with E-state index < -0.39 is 0 Å². The van der Waals surface area contributed by atoms with Gasteiger partial charge in [0.25, 0.3) is 5.91 Å². The van der Waals surface area contributed by atoms with Gasteiger partial charge in [-0.3, -0.25) is 9.69 Å². The summed E-state index contributed by atoms with van der Waals surface area (Å²) in [6, 6.07) is 12.1. The molecule has 1 aliphatic heterocycles. The van der Waals surface area contributed by atoms with Gasteiger partial charge in [-0.25, -0.2) is 0 Å². The second kappa shape index (κ2) is 7.47. The van der Waals surface area contributed by atoms with E-state index in [-0.39, 0.29) is 11.4 Å². The fraction of sp³-hybridized carbons (Fsp3) is 0.421. The highest BCUT2D eigenvalue weighted by atomic mass is 32.1. The topological polar surface area (TPSA) is 41.6 Å². The maximum Gasteiger partial charge on any atom is 0.262 e. The van der Waals surface area contributed by atoms with Gasteiger partial charge in [-0.15, -0.1) is 11.3 Å². The van der Waals surface area contributed by atoms with Gasteiger partial charge < -0.3 is 10.1 Å². The molecule has 0 atom stereocenters. The number of nitrogens with zero attached hydrogens (tertiary/aromatic N) is 1. The molecule has 3 rings (SSSR count). The molecule has 1 fully saturated rings. The molecule has 128 valence electrons. The van der Waals surface area contributed by atoms with Crippen molar-refractivity contribution in [3.63, 3.8) is 0 Å². The second-order valence-corrected chi connectivity index (χ2v) is 7.54. The molecule has 1 N–H and O–H groups in total. The van der Waals surface area contributed by atoms with E-state index in [1.807, 2.05) is 41.8 Å². The van der Waals surface area contributed by atoms with Crippen molar-refractivity contribution in [2.45, 2.75) is 19.4 Å². The number of hydrogen-bond donors (Lipinski definition) is 1. The van der Waals surface area contributed by atoms with Crippen molar-refractivity contribution in [2.24, 2.45) is 0 Å². The van der Waals surface area contributed by atoms with Crippen LogP contribution in [0.15, 0.2) is 41.8 Å². The van der Waals surface area contributed by atoms with Gasteiger partial charge in [0.05, 0.1) is 18.1 Å². The number of hydrogen-bond acceptors (Lipinski definition) is 4. The van der Waals surface area contributed by atoms with Crippen LogP contribution in [-0.4, -0.2) is 49.2 Å². The summed E-state index contributed by atoms with van der Waals surface area (Å²) in [6.07, 6.45) is 0.